The number of anilines is 1. The maximum Gasteiger partial charge on any atom is 0.106 e. The number of hydrogen-bond acceptors (Lipinski definition) is 4. The van der Waals surface area contributed by atoms with E-state index in [1.807, 2.05) is 6.92 Å². The van der Waals surface area contributed by atoms with Crippen molar-refractivity contribution < 1.29 is 10.2 Å². The molecular weight excluding hydrogens is 192 g/mol. The first kappa shape index (κ1) is 12.0. The molecule has 0 spiro atoms. The van der Waals surface area contributed by atoms with Crippen LogP contribution in [0.2, 0.25) is 0 Å². The summed E-state index contributed by atoms with van der Waals surface area (Å²) in [4.78, 5) is 0. The molecule has 0 aromatic heterocycles. The Morgan fingerprint density at radius 1 is 1.40 bits per heavy atom. The smallest absolute Gasteiger partial charge is 0.106 e. The molecule has 0 radical (unpaired) electrons. The molecule has 15 heavy (non-hydrogen) atoms. The summed E-state index contributed by atoms with van der Waals surface area (Å²) in [6.07, 6.45) is -1.68. The lowest BCUT2D eigenvalue weighted by Crippen LogP contribution is -2.29. The highest BCUT2D eigenvalue weighted by Crippen LogP contribution is 2.22. The van der Waals surface area contributed by atoms with E-state index in [9.17, 15) is 10.2 Å². The summed E-state index contributed by atoms with van der Waals surface area (Å²) >= 11 is 0. The van der Waals surface area contributed by atoms with E-state index in [2.05, 4.69) is 5.32 Å². The van der Waals surface area contributed by atoms with Crippen molar-refractivity contribution in [1.29, 1.82) is 0 Å². The minimum Gasteiger partial charge on any atom is -0.399 e. The number of nitrogens with two attached hydrogens (primary N) is 1. The van der Waals surface area contributed by atoms with Crippen LogP contribution in [0.15, 0.2) is 18.2 Å². The second-order valence-electron chi connectivity index (χ2n) is 3.69. The van der Waals surface area contributed by atoms with E-state index in [-0.39, 0.29) is 0 Å². The Kier molecular flexibility index (Phi) is 4.08. The van der Waals surface area contributed by atoms with E-state index >= 15 is 0 Å². The molecule has 4 heteroatoms. The predicted octanol–water partition coefficient (Wildman–Crippen LogP) is 0.191. The Bertz CT molecular complexity index is 328. The number of hydrogen-bond donors (Lipinski definition) is 4. The molecule has 84 valence electrons. The molecule has 1 rings (SSSR count). The van der Waals surface area contributed by atoms with Crippen molar-refractivity contribution in [3.05, 3.63) is 29.3 Å². The number of nitrogens with one attached hydrogen (secondary N) is 1. The van der Waals surface area contributed by atoms with E-state index in [0.29, 0.717) is 17.8 Å². The van der Waals surface area contributed by atoms with Crippen molar-refractivity contribution in [2.24, 2.45) is 0 Å². The maximum atomic E-state index is 9.86. The van der Waals surface area contributed by atoms with Gasteiger partial charge in [-0.25, -0.2) is 0 Å². The Balaban J connectivity index is 2.86. The highest BCUT2D eigenvalue weighted by molar-refractivity contribution is 5.45. The molecule has 0 amide bonds. The summed E-state index contributed by atoms with van der Waals surface area (Å²) in [6, 6.07) is 5.25. The fraction of sp³-hybridized carbons (Fsp3) is 0.455. The minimum atomic E-state index is -0.877. The van der Waals surface area contributed by atoms with Crippen LogP contribution in [-0.2, 0) is 0 Å². The Hall–Kier alpha value is -1.10. The van der Waals surface area contributed by atoms with Gasteiger partial charge in [-0.15, -0.1) is 0 Å². The van der Waals surface area contributed by atoms with Gasteiger partial charge in [0.1, 0.15) is 6.10 Å². The fourth-order valence-electron chi connectivity index (χ4n) is 1.56. The Morgan fingerprint density at radius 3 is 2.60 bits per heavy atom. The first-order valence-electron chi connectivity index (χ1n) is 4.93. The molecule has 4 nitrogen and oxygen atoms in total. The van der Waals surface area contributed by atoms with Gasteiger partial charge in [0.25, 0.3) is 0 Å². The molecule has 0 aliphatic rings. The molecule has 0 heterocycles. The van der Waals surface area contributed by atoms with Gasteiger partial charge < -0.3 is 21.3 Å². The van der Waals surface area contributed by atoms with Gasteiger partial charge in [-0.05, 0) is 37.2 Å². The zero-order valence-electron chi connectivity index (χ0n) is 9.07. The molecule has 1 aromatic rings. The highest BCUT2D eigenvalue weighted by atomic mass is 16.3. The lowest BCUT2D eigenvalue weighted by Gasteiger charge is -2.19. The summed E-state index contributed by atoms with van der Waals surface area (Å²) in [5, 5.41) is 22.3. The van der Waals surface area contributed by atoms with Gasteiger partial charge in [0.2, 0.25) is 0 Å². The SMILES string of the molecule is CNCC(O)C(O)c1ccc(N)cc1C. The van der Waals surface area contributed by atoms with Gasteiger partial charge in [0, 0.05) is 12.2 Å². The Morgan fingerprint density at radius 2 is 2.07 bits per heavy atom. The molecule has 5 N–H and O–H groups in total. The van der Waals surface area contributed by atoms with Crippen molar-refractivity contribution in [3.63, 3.8) is 0 Å². The van der Waals surface area contributed by atoms with Crippen molar-refractivity contribution in [2.45, 2.75) is 19.1 Å². The number of aliphatic hydroxyl groups is 2. The third-order valence-electron chi connectivity index (χ3n) is 2.39. The lowest BCUT2D eigenvalue weighted by atomic mass is 9.99. The van der Waals surface area contributed by atoms with Crippen LogP contribution in [0, 0.1) is 6.92 Å². The number of rotatable bonds is 4. The molecule has 2 atom stereocenters. The largest absolute Gasteiger partial charge is 0.399 e. The molecule has 0 saturated heterocycles. The van der Waals surface area contributed by atoms with Crippen LogP contribution < -0.4 is 11.1 Å². The zero-order chi connectivity index (χ0) is 11.4. The van der Waals surface area contributed by atoms with E-state index in [1.165, 1.54) is 0 Å². The van der Waals surface area contributed by atoms with E-state index in [0.717, 1.165) is 5.56 Å². The van der Waals surface area contributed by atoms with Gasteiger partial charge in [-0.2, -0.15) is 0 Å². The van der Waals surface area contributed by atoms with Crippen LogP contribution in [0.25, 0.3) is 0 Å². The molecule has 0 aliphatic heterocycles. The van der Waals surface area contributed by atoms with E-state index < -0.39 is 12.2 Å². The maximum absolute atomic E-state index is 9.86. The van der Waals surface area contributed by atoms with Gasteiger partial charge >= 0.3 is 0 Å². The van der Waals surface area contributed by atoms with Gasteiger partial charge in [0.05, 0.1) is 6.10 Å². The van der Waals surface area contributed by atoms with Crippen LogP contribution in [0.5, 0.6) is 0 Å². The monoisotopic (exact) mass is 210 g/mol. The van der Waals surface area contributed by atoms with Crippen molar-refractivity contribution in [2.75, 3.05) is 19.3 Å². The van der Waals surface area contributed by atoms with Gasteiger partial charge in [0.15, 0.2) is 0 Å². The van der Waals surface area contributed by atoms with Crippen LogP contribution in [0.3, 0.4) is 0 Å². The number of likely N-dealkylation sites (N-methyl/N-ethyl adjacent to an activating group) is 1. The third-order valence-corrected chi connectivity index (χ3v) is 2.39. The van der Waals surface area contributed by atoms with Crippen LogP contribution >= 0.6 is 0 Å². The molecule has 2 unspecified atom stereocenters. The van der Waals surface area contributed by atoms with E-state index in [1.54, 1.807) is 25.2 Å². The number of benzene rings is 1. The summed E-state index contributed by atoms with van der Waals surface area (Å²) in [6.45, 7) is 2.21. The minimum absolute atomic E-state index is 0.352. The molecule has 0 saturated carbocycles. The first-order chi connectivity index (χ1) is 7.06. The normalized spacial score (nSPS) is 14.9. The Labute approximate surface area is 89.7 Å². The summed E-state index contributed by atoms with van der Waals surface area (Å²) < 4.78 is 0. The van der Waals surface area contributed by atoms with Crippen LogP contribution in [-0.4, -0.2) is 29.9 Å². The number of aliphatic hydroxyl groups excluding tert-OH is 2. The molecule has 0 aliphatic carbocycles. The summed E-state index contributed by atoms with van der Waals surface area (Å²) in [7, 11) is 1.73. The first-order valence-corrected chi connectivity index (χ1v) is 4.93. The van der Waals surface area contributed by atoms with Crippen molar-refractivity contribution >= 4 is 5.69 Å². The topological polar surface area (TPSA) is 78.5 Å². The standard InChI is InChI=1S/C11H18N2O2/c1-7-5-8(12)3-4-9(7)11(15)10(14)6-13-2/h3-5,10-11,13-15H,6,12H2,1-2H3. The molecule has 0 fully saturated rings. The second kappa shape index (κ2) is 5.11. The second-order valence-corrected chi connectivity index (χ2v) is 3.69. The fourth-order valence-corrected chi connectivity index (χ4v) is 1.56. The van der Waals surface area contributed by atoms with Crippen molar-refractivity contribution in [3.8, 4) is 0 Å². The van der Waals surface area contributed by atoms with Gasteiger partial charge in [-0.1, -0.05) is 6.07 Å². The predicted molar refractivity (Wildman–Crippen MR) is 60.5 cm³/mol. The van der Waals surface area contributed by atoms with Crippen LogP contribution in [0.1, 0.15) is 17.2 Å². The van der Waals surface area contributed by atoms with Gasteiger partial charge in [-0.3, -0.25) is 0 Å². The molecular formula is C11H18N2O2. The summed E-state index contributed by atoms with van der Waals surface area (Å²) in [5.74, 6) is 0. The average Bonchev–Trinajstić information content (AvgIpc) is 2.17. The highest BCUT2D eigenvalue weighted by Gasteiger charge is 2.18. The lowest BCUT2D eigenvalue weighted by molar-refractivity contribution is 0.0199. The zero-order valence-corrected chi connectivity index (χ0v) is 9.07. The molecule has 1 aromatic carbocycles. The van der Waals surface area contributed by atoms with Crippen LogP contribution in [0.4, 0.5) is 5.69 Å². The quantitative estimate of drug-likeness (QED) is 0.535. The molecule has 0 bridgehead atoms. The average molecular weight is 210 g/mol. The number of nitrogen functional groups attached to an aromatic ring is 1. The third kappa shape index (κ3) is 2.92. The van der Waals surface area contributed by atoms with Crippen molar-refractivity contribution in [1.82, 2.24) is 5.32 Å². The van der Waals surface area contributed by atoms with E-state index in [4.69, 9.17) is 5.73 Å². The summed E-state index contributed by atoms with van der Waals surface area (Å²) in [5.41, 5.74) is 7.87. The number of aryl methyl sites for hydroxylation is 1.